The number of anilines is 1. The van der Waals surface area contributed by atoms with Gasteiger partial charge in [0.05, 0.1) is 4.47 Å². The predicted molar refractivity (Wildman–Crippen MR) is 57.4 cm³/mol. The summed E-state index contributed by atoms with van der Waals surface area (Å²) in [5.74, 6) is -0.344. The molecule has 0 saturated carbocycles. The lowest BCUT2D eigenvalue weighted by Crippen LogP contribution is -1.84. The first-order valence-corrected chi connectivity index (χ1v) is 5.33. The Morgan fingerprint density at radius 3 is 2.79 bits per heavy atom. The third-order valence-corrected chi connectivity index (χ3v) is 3.02. The molecule has 3 nitrogen and oxygen atoms in total. The highest BCUT2D eigenvalue weighted by Gasteiger charge is 2.11. The molecule has 0 unspecified atom stereocenters. The maximum absolute atomic E-state index is 13.5. The Balaban J connectivity index is 2.57. The van der Waals surface area contributed by atoms with Crippen molar-refractivity contribution in [1.82, 2.24) is 10.2 Å². The van der Waals surface area contributed by atoms with Crippen molar-refractivity contribution in [3.63, 3.8) is 0 Å². The highest BCUT2D eigenvalue weighted by molar-refractivity contribution is 9.10. The van der Waals surface area contributed by atoms with Crippen molar-refractivity contribution in [2.75, 3.05) is 5.73 Å². The molecule has 0 atom stereocenters. The summed E-state index contributed by atoms with van der Waals surface area (Å²) in [5.41, 5.74) is 5.83. The van der Waals surface area contributed by atoms with Crippen molar-refractivity contribution in [2.45, 2.75) is 0 Å². The Morgan fingerprint density at radius 1 is 1.36 bits per heavy atom. The Kier molecular flexibility index (Phi) is 2.47. The molecule has 0 fully saturated rings. The molecule has 0 spiro atoms. The van der Waals surface area contributed by atoms with E-state index in [9.17, 15) is 4.39 Å². The summed E-state index contributed by atoms with van der Waals surface area (Å²) in [4.78, 5) is 0. The maximum atomic E-state index is 13.5. The molecule has 6 heteroatoms. The van der Waals surface area contributed by atoms with Gasteiger partial charge < -0.3 is 5.73 Å². The van der Waals surface area contributed by atoms with Gasteiger partial charge in [-0.25, -0.2) is 4.39 Å². The van der Waals surface area contributed by atoms with E-state index >= 15 is 0 Å². The van der Waals surface area contributed by atoms with Crippen LogP contribution >= 0.6 is 27.3 Å². The summed E-state index contributed by atoms with van der Waals surface area (Å²) in [7, 11) is 0. The third kappa shape index (κ3) is 1.62. The van der Waals surface area contributed by atoms with E-state index in [1.165, 1.54) is 0 Å². The standard InChI is InChI=1S/C8H5BrFN3S/c9-5-3-1-2-4(6(5)10)7-12-13-8(11)14-7/h1-3H,(H2,11,13). The molecular weight excluding hydrogens is 269 g/mol. The van der Waals surface area contributed by atoms with Crippen molar-refractivity contribution in [3.8, 4) is 10.6 Å². The Hall–Kier alpha value is -1.01. The number of hydrogen-bond donors (Lipinski definition) is 1. The molecule has 14 heavy (non-hydrogen) atoms. The average Bonchev–Trinajstić information content (AvgIpc) is 2.57. The lowest BCUT2D eigenvalue weighted by atomic mass is 10.2. The van der Waals surface area contributed by atoms with E-state index in [0.29, 0.717) is 20.2 Å². The van der Waals surface area contributed by atoms with Crippen LogP contribution in [0.25, 0.3) is 10.6 Å². The molecular formula is C8H5BrFN3S. The van der Waals surface area contributed by atoms with E-state index in [1.807, 2.05) is 0 Å². The van der Waals surface area contributed by atoms with Gasteiger partial charge in [0.2, 0.25) is 5.13 Å². The van der Waals surface area contributed by atoms with Gasteiger partial charge in [0.1, 0.15) is 5.82 Å². The number of halogens is 2. The first kappa shape index (κ1) is 9.54. The van der Waals surface area contributed by atoms with Crippen LogP contribution in [0.1, 0.15) is 0 Å². The van der Waals surface area contributed by atoms with Gasteiger partial charge in [0.15, 0.2) is 5.01 Å². The van der Waals surface area contributed by atoms with Crippen LogP contribution in [-0.4, -0.2) is 10.2 Å². The quantitative estimate of drug-likeness (QED) is 0.869. The van der Waals surface area contributed by atoms with Crippen LogP contribution < -0.4 is 5.73 Å². The van der Waals surface area contributed by atoms with Crippen molar-refractivity contribution in [3.05, 3.63) is 28.5 Å². The summed E-state index contributed by atoms with van der Waals surface area (Å²) in [6.07, 6.45) is 0. The molecule has 1 aromatic carbocycles. The zero-order chi connectivity index (χ0) is 10.1. The van der Waals surface area contributed by atoms with Gasteiger partial charge in [0.25, 0.3) is 0 Å². The SMILES string of the molecule is Nc1nnc(-c2cccc(Br)c2F)s1. The van der Waals surface area contributed by atoms with Crippen LogP contribution in [0, 0.1) is 5.82 Å². The van der Waals surface area contributed by atoms with Crippen LogP contribution in [0.5, 0.6) is 0 Å². The van der Waals surface area contributed by atoms with Crippen LogP contribution in [-0.2, 0) is 0 Å². The summed E-state index contributed by atoms with van der Waals surface area (Å²) < 4.78 is 14.0. The van der Waals surface area contributed by atoms with E-state index in [4.69, 9.17) is 5.73 Å². The van der Waals surface area contributed by atoms with Crippen LogP contribution in [0.3, 0.4) is 0 Å². The number of nitrogens with zero attached hydrogens (tertiary/aromatic N) is 2. The molecule has 0 amide bonds. The van der Waals surface area contributed by atoms with Crippen LogP contribution in [0.4, 0.5) is 9.52 Å². The molecule has 1 heterocycles. The van der Waals surface area contributed by atoms with Gasteiger partial charge >= 0.3 is 0 Å². The van der Waals surface area contributed by atoms with Gasteiger partial charge in [0, 0.05) is 5.56 Å². The van der Waals surface area contributed by atoms with E-state index < -0.39 is 0 Å². The second-order valence-electron chi connectivity index (χ2n) is 2.55. The van der Waals surface area contributed by atoms with E-state index in [-0.39, 0.29) is 5.82 Å². The molecule has 0 aliphatic heterocycles. The lowest BCUT2D eigenvalue weighted by Gasteiger charge is -1.98. The average molecular weight is 274 g/mol. The minimum atomic E-state index is -0.344. The highest BCUT2D eigenvalue weighted by atomic mass is 79.9. The Labute approximate surface area is 91.9 Å². The summed E-state index contributed by atoms with van der Waals surface area (Å²) in [6, 6.07) is 5.00. The topological polar surface area (TPSA) is 51.8 Å². The predicted octanol–water partition coefficient (Wildman–Crippen LogP) is 2.69. The zero-order valence-corrected chi connectivity index (χ0v) is 9.27. The third-order valence-electron chi connectivity index (χ3n) is 1.62. The highest BCUT2D eigenvalue weighted by Crippen LogP contribution is 2.30. The van der Waals surface area contributed by atoms with Crippen LogP contribution in [0.2, 0.25) is 0 Å². The first-order chi connectivity index (χ1) is 6.68. The van der Waals surface area contributed by atoms with Crippen molar-refractivity contribution < 1.29 is 4.39 Å². The van der Waals surface area contributed by atoms with E-state index in [1.54, 1.807) is 18.2 Å². The van der Waals surface area contributed by atoms with Crippen molar-refractivity contribution in [2.24, 2.45) is 0 Å². The molecule has 0 radical (unpaired) electrons. The maximum Gasteiger partial charge on any atom is 0.203 e. The molecule has 2 aromatic rings. The van der Waals surface area contributed by atoms with Gasteiger partial charge in [-0.15, -0.1) is 10.2 Å². The Morgan fingerprint density at radius 2 is 2.14 bits per heavy atom. The second-order valence-corrected chi connectivity index (χ2v) is 4.41. The normalized spacial score (nSPS) is 10.4. The first-order valence-electron chi connectivity index (χ1n) is 3.72. The van der Waals surface area contributed by atoms with E-state index in [0.717, 1.165) is 11.3 Å². The summed E-state index contributed by atoms with van der Waals surface area (Å²) in [5, 5.41) is 8.22. The lowest BCUT2D eigenvalue weighted by molar-refractivity contribution is 0.624. The fraction of sp³-hybridized carbons (Fsp3) is 0. The van der Waals surface area contributed by atoms with Crippen molar-refractivity contribution in [1.29, 1.82) is 0 Å². The zero-order valence-electron chi connectivity index (χ0n) is 6.87. The number of hydrogen-bond acceptors (Lipinski definition) is 4. The molecule has 0 bridgehead atoms. The van der Waals surface area contributed by atoms with Crippen LogP contribution in [0.15, 0.2) is 22.7 Å². The monoisotopic (exact) mass is 273 g/mol. The summed E-state index contributed by atoms with van der Waals surface area (Å²) >= 11 is 4.26. The molecule has 0 aliphatic carbocycles. The smallest absolute Gasteiger partial charge is 0.203 e. The van der Waals surface area contributed by atoms with Crippen molar-refractivity contribution >= 4 is 32.4 Å². The number of aromatic nitrogens is 2. The molecule has 0 aliphatic rings. The van der Waals surface area contributed by atoms with Gasteiger partial charge in [-0.3, -0.25) is 0 Å². The molecule has 2 rings (SSSR count). The number of nitrogen functional groups attached to an aromatic ring is 1. The van der Waals surface area contributed by atoms with Gasteiger partial charge in [-0.2, -0.15) is 0 Å². The molecule has 1 aromatic heterocycles. The Bertz CT molecular complexity index is 471. The second kappa shape index (κ2) is 3.62. The number of rotatable bonds is 1. The molecule has 2 N–H and O–H groups in total. The fourth-order valence-corrected chi connectivity index (χ4v) is 2.01. The van der Waals surface area contributed by atoms with Gasteiger partial charge in [-0.1, -0.05) is 17.4 Å². The number of nitrogens with two attached hydrogens (primary N) is 1. The fourth-order valence-electron chi connectivity index (χ4n) is 1.01. The number of benzene rings is 1. The minimum Gasteiger partial charge on any atom is -0.374 e. The summed E-state index contributed by atoms with van der Waals surface area (Å²) in [6.45, 7) is 0. The largest absolute Gasteiger partial charge is 0.374 e. The minimum absolute atomic E-state index is 0.333. The van der Waals surface area contributed by atoms with E-state index in [2.05, 4.69) is 26.1 Å². The molecule has 0 saturated heterocycles. The van der Waals surface area contributed by atoms with Gasteiger partial charge in [-0.05, 0) is 28.1 Å². The molecule has 72 valence electrons.